The SMILES string of the molecule is O=C(Nc1ccc2[nH]c(=S)[nH]c2c1)c1ccon1. The Morgan fingerprint density at radius 3 is 2.89 bits per heavy atom. The fraction of sp³-hybridized carbons (Fsp3) is 0. The number of nitrogens with zero attached hydrogens (tertiary/aromatic N) is 1. The number of aromatic amines is 2. The van der Waals surface area contributed by atoms with Gasteiger partial charge in [-0.3, -0.25) is 4.79 Å². The van der Waals surface area contributed by atoms with Gasteiger partial charge in [0.05, 0.1) is 11.0 Å². The van der Waals surface area contributed by atoms with E-state index in [9.17, 15) is 4.79 Å². The third kappa shape index (κ3) is 1.91. The van der Waals surface area contributed by atoms with Crippen LogP contribution in [0.1, 0.15) is 10.5 Å². The molecule has 3 rings (SSSR count). The molecular weight excluding hydrogens is 252 g/mol. The van der Waals surface area contributed by atoms with Crippen molar-refractivity contribution in [3.8, 4) is 0 Å². The third-order valence-electron chi connectivity index (χ3n) is 2.44. The van der Waals surface area contributed by atoms with Gasteiger partial charge in [-0.1, -0.05) is 5.16 Å². The second-order valence-corrected chi connectivity index (χ2v) is 4.09. The zero-order valence-corrected chi connectivity index (χ0v) is 9.88. The van der Waals surface area contributed by atoms with E-state index in [2.05, 4.69) is 25.0 Å². The van der Waals surface area contributed by atoms with Crippen molar-refractivity contribution < 1.29 is 9.32 Å². The fourth-order valence-electron chi connectivity index (χ4n) is 1.64. The average Bonchev–Trinajstić information content (AvgIpc) is 2.95. The third-order valence-corrected chi connectivity index (χ3v) is 2.65. The van der Waals surface area contributed by atoms with Gasteiger partial charge in [-0.2, -0.15) is 0 Å². The van der Waals surface area contributed by atoms with E-state index in [1.165, 1.54) is 12.3 Å². The molecule has 0 fully saturated rings. The predicted molar refractivity (Wildman–Crippen MR) is 67.9 cm³/mol. The highest BCUT2D eigenvalue weighted by molar-refractivity contribution is 7.71. The van der Waals surface area contributed by atoms with Gasteiger partial charge in [-0.25, -0.2) is 0 Å². The largest absolute Gasteiger partial charge is 0.364 e. The maximum absolute atomic E-state index is 11.7. The number of rotatable bonds is 2. The molecule has 0 bridgehead atoms. The van der Waals surface area contributed by atoms with E-state index >= 15 is 0 Å². The summed E-state index contributed by atoms with van der Waals surface area (Å²) >= 11 is 4.99. The maximum Gasteiger partial charge on any atom is 0.277 e. The number of anilines is 1. The molecular formula is C11H8N4O2S. The Hall–Kier alpha value is -2.41. The van der Waals surface area contributed by atoms with E-state index in [4.69, 9.17) is 12.2 Å². The molecule has 0 aliphatic carbocycles. The van der Waals surface area contributed by atoms with Crippen LogP contribution in [0.2, 0.25) is 0 Å². The summed E-state index contributed by atoms with van der Waals surface area (Å²) in [6.07, 6.45) is 1.35. The normalized spacial score (nSPS) is 10.7. The molecule has 0 aliphatic heterocycles. The first-order valence-corrected chi connectivity index (χ1v) is 5.57. The molecule has 3 aromatic rings. The Labute approximate surface area is 106 Å². The highest BCUT2D eigenvalue weighted by atomic mass is 32.1. The van der Waals surface area contributed by atoms with E-state index in [0.717, 1.165) is 11.0 Å². The van der Waals surface area contributed by atoms with Gasteiger partial charge in [0, 0.05) is 11.8 Å². The summed E-state index contributed by atoms with van der Waals surface area (Å²) < 4.78 is 5.16. The molecule has 0 radical (unpaired) electrons. The predicted octanol–water partition coefficient (Wildman–Crippen LogP) is 2.47. The molecule has 1 amide bonds. The van der Waals surface area contributed by atoms with Gasteiger partial charge in [0.25, 0.3) is 5.91 Å². The summed E-state index contributed by atoms with van der Waals surface area (Å²) in [7, 11) is 0. The van der Waals surface area contributed by atoms with Gasteiger partial charge < -0.3 is 19.8 Å². The monoisotopic (exact) mass is 260 g/mol. The lowest BCUT2D eigenvalue weighted by atomic mass is 10.2. The van der Waals surface area contributed by atoms with Crippen LogP contribution in [0, 0.1) is 4.77 Å². The van der Waals surface area contributed by atoms with Crippen molar-refractivity contribution in [1.82, 2.24) is 15.1 Å². The summed E-state index contributed by atoms with van der Waals surface area (Å²) in [6, 6.07) is 6.90. The standard InChI is InChI=1S/C11H8N4O2S/c16-10(8-3-4-17-15-8)12-6-1-2-7-9(5-6)14-11(18)13-7/h1-5H,(H,12,16)(H2,13,14,18). The van der Waals surface area contributed by atoms with Crippen LogP contribution < -0.4 is 5.32 Å². The van der Waals surface area contributed by atoms with Gasteiger partial charge in [0.1, 0.15) is 6.26 Å². The smallest absolute Gasteiger partial charge is 0.277 e. The lowest BCUT2D eigenvalue weighted by molar-refractivity contribution is 0.101. The van der Waals surface area contributed by atoms with Gasteiger partial charge in [0.2, 0.25) is 0 Å². The van der Waals surface area contributed by atoms with Crippen LogP contribution in [-0.2, 0) is 0 Å². The zero-order valence-electron chi connectivity index (χ0n) is 9.06. The minimum absolute atomic E-state index is 0.233. The van der Waals surface area contributed by atoms with Crippen LogP contribution >= 0.6 is 12.2 Å². The second kappa shape index (κ2) is 4.11. The molecule has 0 unspecified atom stereocenters. The Morgan fingerprint density at radius 1 is 1.28 bits per heavy atom. The Morgan fingerprint density at radius 2 is 2.11 bits per heavy atom. The number of aromatic nitrogens is 3. The molecule has 18 heavy (non-hydrogen) atoms. The zero-order chi connectivity index (χ0) is 12.5. The summed E-state index contributed by atoms with van der Waals surface area (Å²) in [6.45, 7) is 0. The van der Waals surface area contributed by atoms with Crippen molar-refractivity contribution in [2.45, 2.75) is 0 Å². The molecule has 1 aromatic carbocycles. The summed E-state index contributed by atoms with van der Waals surface area (Å²) in [4.78, 5) is 17.7. The second-order valence-electron chi connectivity index (χ2n) is 3.68. The van der Waals surface area contributed by atoms with Crippen LogP contribution in [0.25, 0.3) is 11.0 Å². The highest BCUT2D eigenvalue weighted by Crippen LogP contribution is 2.16. The molecule has 0 atom stereocenters. The molecule has 2 aromatic heterocycles. The number of H-pyrrole nitrogens is 2. The van der Waals surface area contributed by atoms with Crippen molar-refractivity contribution in [3.63, 3.8) is 0 Å². The number of carbonyl (C=O) groups is 1. The molecule has 2 heterocycles. The molecule has 0 spiro atoms. The quantitative estimate of drug-likeness (QED) is 0.618. The van der Waals surface area contributed by atoms with Crippen molar-refractivity contribution in [3.05, 3.63) is 41.0 Å². The number of hydrogen-bond donors (Lipinski definition) is 3. The molecule has 0 saturated carbocycles. The number of amides is 1. The number of imidazole rings is 1. The van der Waals surface area contributed by atoms with Crippen LogP contribution in [0.5, 0.6) is 0 Å². The fourth-order valence-corrected chi connectivity index (χ4v) is 1.86. The average molecular weight is 260 g/mol. The summed E-state index contributed by atoms with van der Waals surface area (Å²) in [5.41, 5.74) is 2.61. The number of nitrogens with one attached hydrogen (secondary N) is 3. The van der Waals surface area contributed by atoms with Gasteiger partial charge >= 0.3 is 0 Å². The first-order valence-electron chi connectivity index (χ1n) is 5.16. The van der Waals surface area contributed by atoms with Gasteiger partial charge in [0.15, 0.2) is 10.5 Å². The molecule has 90 valence electrons. The Bertz CT molecular complexity index is 757. The van der Waals surface area contributed by atoms with Gasteiger partial charge in [-0.05, 0) is 30.4 Å². The lowest BCUT2D eigenvalue weighted by Gasteiger charge is -2.02. The molecule has 3 N–H and O–H groups in total. The van der Waals surface area contributed by atoms with Crippen LogP contribution in [0.4, 0.5) is 5.69 Å². The van der Waals surface area contributed by atoms with Crippen LogP contribution in [0.3, 0.4) is 0 Å². The minimum Gasteiger partial charge on any atom is -0.364 e. The van der Waals surface area contributed by atoms with Crippen molar-refractivity contribution in [1.29, 1.82) is 0 Å². The first kappa shape index (κ1) is 10.7. The first-order chi connectivity index (χ1) is 8.72. The summed E-state index contributed by atoms with van der Waals surface area (Å²) in [5, 5.41) is 6.28. The highest BCUT2D eigenvalue weighted by Gasteiger charge is 2.09. The minimum atomic E-state index is -0.322. The number of carbonyl (C=O) groups excluding carboxylic acids is 1. The number of fused-ring (bicyclic) bond motifs is 1. The van der Waals surface area contributed by atoms with E-state index in [1.807, 2.05) is 6.07 Å². The number of benzene rings is 1. The topological polar surface area (TPSA) is 86.7 Å². The van der Waals surface area contributed by atoms with E-state index in [1.54, 1.807) is 12.1 Å². The van der Waals surface area contributed by atoms with Crippen molar-refractivity contribution in [2.24, 2.45) is 0 Å². The van der Waals surface area contributed by atoms with E-state index < -0.39 is 0 Å². The van der Waals surface area contributed by atoms with Crippen molar-refractivity contribution in [2.75, 3.05) is 5.32 Å². The Kier molecular flexibility index (Phi) is 2.45. The maximum atomic E-state index is 11.7. The lowest BCUT2D eigenvalue weighted by Crippen LogP contribution is -2.11. The van der Waals surface area contributed by atoms with E-state index in [-0.39, 0.29) is 11.6 Å². The van der Waals surface area contributed by atoms with Gasteiger partial charge in [-0.15, -0.1) is 0 Å². The molecule has 6 nitrogen and oxygen atoms in total. The van der Waals surface area contributed by atoms with Crippen LogP contribution in [-0.4, -0.2) is 21.0 Å². The molecule has 0 saturated heterocycles. The molecule has 0 aliphatic rings. The van der Waals surface area contributed by atoms with Crippen LogP contribution in [0.15, 0.2) is 35.1 Å². The van der Waals surface area contributed by atoms with E-state index in [0.29, 0.717) is 10.5 Å². The van der Waals surface area contributed by atoms with Crippen molar-refractivity contribution >= 4 is 34.8 Å². The number of hydrogen-bond acceptors (Lipinski definition) is 4. The summed E-state index contributed by atoms with van der Waals surface area (Å²) in [5.74, 6) is -0.322. The Balaban J connectivity index is 1.91. The molecule has 7 heteroatoms.